The maximum Gasteiger partial charge on any atom is 0.197 e. The molecule has 0 spiro atoms. The summed E-state index contributed by atoms with van der Waals surface area (Å²) in [6.45, 7) is 6.41. The lowest BCUT2D eigenvalue weighted by atomic mass is 9.45. The summed E-state index contributed by atoms with van der Waals surface area (Å²) in [7, 11) is 0. The van der Waals surface area contributed by atoms with Crippen LogP contribution < -0.4 is 0 Å². The summed E-state index contributed by atoms with van der Waals surface area (Å²) in [5.74, 6) is 2.75. The van der Waals surface area contributed by atoms with Crippen LogP contribution in [0.25, 0.3) is 0 Å². The summed E-state index contributed by atoms with van der Waals surface area (Å²) in [4.78, 5) is 24.1. The van der Waals surface area contributed by atoms with Crippen molar-refractivity contribution in [2.24, 2.45) is 40.4 Å². The van der Waals surface area contributed by atoms with Crippen molar-refractivity contribution in [1.29, 1.82) is 0 Å². The van der Waals surface area contributed by atoms with E-state index in [1.54, 1.807) is 6.92 Å². The molecule has 7 atom stereocenters. The van der Waals surface area contributed by atoms with Gasteiger partial charge in [-0.15, -0.1) is 0 Å². The first-order valence-corrected chi connectivity index (χ1v) is 9.73. The molecule has 3 saturated carbocycles. The molecule has 0 saturated heterocycles. The van der Waals surface area contributed by atoms with Gasteiger partial charge in [0, 0.05) is 12.3 Å². The summed E-state index contributed by atoms with van der Waals surface area (Å²) in [6.07, 6.45) is 9.18. The van der Waals surface area contributed by atoms with Crippen LogP contribution in [0.3, 0.4) is 0 Å². The molecule has 0 heterocycles. The molecule has 0 aromatic heterocycles. The van der Waals surface area contributed by atoms with Crippen molar-refractivity contribution in [2.75, 3.05) is 0 Å². The molecule has 3 fully saturated rings. The molecule has 0 aromatic carbocycles. The van der Waals surface area contributed by atoms with Crippen molar-refractivity contribution in [3.8, 4) is 0 Å². The van der Waals surface area contributed by atoms with Crippen LogP contribution in [0, 0.1) is 40.4 Å². The topological polar surface area (TPSA) is 54.4 Å². The summed E-state index contributed by atoms with van der Waals surface area (Å²) in [5, 5.41) is 10.1. The molecule has 3 heteroatoms. The van der Waals surface area contributed by atoms with Crippen molar-refractivity contribution in [1.82, 2.24) is 0 Å². The van der Waals surface area contributed by atoms with Crippen LogP contribution in [0.15, 0.2) is 11.8 Å². The molecule has 0 amide bonds. The second-order valence-electron chi connectivity index (χ2n) is 9.46. The highest BCUT2D eigenvalue weighted by molar-refractivity contribution is 5.94. The number of aliphatic hydroxyl groups is 1. The molecule has 4 aliphatic carbocycles. The Morgan fingerprint density at radius 1 is 1.12 bits per heavy atom. The molecule has 0 aromatic rings. The normalized spacial score (nSPS) is 50.5. The van der Waals surface area contributed by atoms with Crippen molar-refractivity contribution in [3.05, 3.63) is 11.8 Å². The quantitative estimate of drug-likeness (QED) is 0.772. The lowest BCUT2D eigenvalue weighted by Crippen LogP contribution is -2.53. The smallest absolute Gasteiger partial charge is 0.197 e. The number of aliphatic hydroxyl groups excluding tert-OH is 1. The van der Waals surface area contributed by atoms with Crippen LogP contribution in [0.5, 0.6) is 0 Å². The van der Waals surface area contributed by atoms with Gasteiger partial charge in [0.05, 0.1) is 0 Å². The zero-order valence-electron chi connectivity index (χ0n) is 15.2. The van der Waals surface area contributed by atoms with E-state index >= 15 is 0 Å². The number of Topliss-reactive ketones (excluding diaryl/α,β-unsaturated/α-hetero) is 2. The van der Waals surface area contributed by atoms with Gasteiger partial charge in [0.15, 0.2) is 11.5 Å². The average molecular weight is 330 g/mol. The Bertz CT molecular complexity index is 621. The van der Waals surface area contributed by atoms with Gasteiger partial charge < -0.3 is 5.11 Å². The van der Waals surface area contributed by atoms with Gasteiger partial charge in [-0.3, -0.25) is 9.59 Å². The minimum Gasteiger partial charge on any atom is -0.505 e. The monoisotopic (exact) mass is 330 g/mol. The predicted molar refractivity (Wildman–Crippen MR) is 92.4 cm³/mol. The van der Waals surface area contributed by atoms with Crippen LogP contribution in [0.1, 0.15) is 65.7 Å². The largest absolute Gasteiger partial charge is 0.505 e. The molecule has 0 aliphatic heterocycles. The van der Waals surface area contributed by atoms with Gasteiger partial charge in [0.25, 0.3) is 0 Å². The first-order valence-electron chi connectivity index (χ1n) is 9.73. The number of carbonyl (C=O) groups is 2. The number of carbonyl (C=O) groups excluding carboxylic acids is 2. The number of rotatable bonds is 1. The third kappa shape index (κ3) is 2.02. The third-order valence-electron chi connectivity index (χ3n) is 8.62. The summed E-state index contributed by atoms with van der Waals surface area (Å²) in [5.41, 5.74) is 0.128. The molecular weight excluding hydrogens is 300 g/mol. The van der Waals surface area contributed by atoms with Gasteiger partial charge in [0.2, 0.25) is 0 Å². The van der Waals surface area contributed by atoms with Gasteiger partial charge in [-0.1, -0.05) is 13.8 Å². The maximum absolute atomic E-state index is 12.2. The van der Waals surface area contributed by atoms with E-state index in [0.717, 1.165) is 25.7 Å². The Balaban J connectivity index is 1.68. The molecular formula is C21H30O3. The first-order chi connectivity index (χ1) is 11.3. The van der Waals surface area contributed by atoms with Crippen LogP contribution >= 0.6 is 0 Å². The van der Waals surface area contributed by atoms with Crippen molar-refractivity contribution >= 4 is 11.6 Å². The van der Waals surface area contributed by atoms with Crippen LogP contribution in [-0.4, -0.2) is 16.7 Å². The highest BCUT2D eigenvalue weighted by Gasteiger charge is 2.60. The van der Waals surface area contributed by atoms with Crippen molar-refractivity contribution in [3.63, 3.8) is 0 Å². The van der Waals surface area contributed by atoms with Crippen LogP contribution in [0.2, 0.25) is 0 Å². The van der Waals surface area contributed by atoms with Crippen LogP contribution in [-0.2, 0) is 9.59 Å². The molecule has 0 bridgehead atoms. The van der Waals surface area contributed by atoms with E-state index in [2.05, 4.69) is 13.8 Å². The second-order valence-corrected chi connectivity index (χ2v) is 9.46. The van der Waals surface area contributed by atoms with Gasteiger partial charge in [-0.25, -0.2) is 0 Å². The van der Waals surface area contributed by atoms with E-state index in [0.29, 0.717) is 35.9 Å². The summed E-state index contributed by atoms with van der Waals surface area (Å²) in [6, 6.07) is 0. The Hall–Kier alpha value is -1.12. The van der Waals surface area contributed by atoms with Crippen molar-refractivity contribution < 1.29 is 14.7 Å². The predicted octanol–water partition coefficient (Wildman–Crippen LogP) is 4.47. The van der Waals surface area contributed by atoms with Gasteiger partial charge >= 0.3 is 0 Å². The Labute approximate surface area is 144 Å². The SMILES string of the molecule is CC(=O)[C@@H]1CC[C@H]2[C@@H]3CC[C@H]4CC(=O)C(O)=C[C@]4(C)[C@H]3CC[C@]12C. The number of hydrogen-bond acceptors (Lipinski definition) is 3. The standard InChI is InChI=1S/C21H30O3/c1-12(22)15-6-7-16-14-5-4-13-10-18(23)19(24)11-21(13,3)17(14)8-9-20(15,16)2/h11,13-17,24H,4-10H2,1-3H3/t13-,14-,15-,16-,17-,20+,21-/m0/s1. The molecule has 1 N–H and O–H groups in total. The molecule has 24 heavy (non-hydrogen) atoms. The van der Waals surface area contributed by atoms with E-state index < -0.39 is 0 Å². The van der Waals surface area contributed by atoms with E-state index in [1.807, 2.05) is 6.08 Å². The highest BCUT2D eigenvalue weighted by Crippen LogP contribution is 2.66. The van der Waals surface area contributed by atoms with E-state index in [9.17, 15) is 14.7 Å². The fraction of sp³-hybridized carbons (Fsp3) is 0.810. The maximum atomic E-state index is 12.2. The molecule has 0 unspecified atom stereocenters. The lowest BCUT2D eigenvalue weighted by Gasteiger charge is -2.58. The minimum absolute atomic E-state index is 0.00392. The average Bonchev–Trinajstić information content (AvgIpc) is 2.86. The number of fused-ring (bicyclic) bond motifs is 5. The van der Waals surface area contributed by atoms with Gasteiger partial charge in [0.1, 0.15) is 5.78 Å². The third-order valence-corrected chi connectivity index (χ3v) is 8.62. The van der Waals surface area contributed by atoms with Crippen molar-refractivity contribution in [2.45, 2.75) is 65.7 Å². The molecule has 0 radical (unpaired) electrons. The second kappa shape index (κ2) is 5.19. The fourth-order valence-electron chi connectivity index (χ4n) is 7.39. The molecule has 132 valence electrons. The summed E-state index contributed by atoms with van der Waals surface area (Å²) >= 11 is 0. The van der Waals surface area contributed by atoms with Gasteiger partial charge in [-0.2, -0.15) is 0 Å². The Morgan fingerprint density at radius 3 is 2.58 bits per heavy atom. The highest BCUT2D eigenvalue weighted by atomic mass is 16.3. The number of hydrogen-bond donors (Lipinski definition) is 1. The summed E-state index contributed by atoms with van der Waals surface area (Å²) < 4.78 is 0. The molecule has 3 nitrogen and oxygen atoms in total. The first kappa shape index (κ1) is 16.4. The fourth-order valence-corrected chi connectivity index (χ4v) is 7.39. The van der Waals surface area contributed by atoms with E-state index in [1.165, 1.54) is 12.8 Å². The Morgan fingerprint density at radius 2 is 1.88 bits per heavy atom. The number of ketones is 2. The molecule has 4 rings (SSSR count). The van der Waals surface area contributed by atoms with Crippen LogP contribution in [0.4, 0.5) is 0 Å². The lowest BCUT2D eigenvalue weighted by molar-refractivity contribution is -0.133. The van der Waals surface area contributed by atoms with E-state index in [4.69, 9.17) is 0 Å². The van der Waals surface area contributed by atoms with Gasteiger partial charge in [-0.05, 0) is 86.0 Å². The Kier molecular flexibility index (Phi) is 3.54. The van der Waals surface area contributed by atoms with E-state index in [-0.39, 0.29) is 28.3 Å². The number of allylic oxidation sites excluding steroid dienone is 2. The zero-order valence-corrected chi connectivity index (χ0v) is 15.2. The molecule has 4 aliphatic rings. The minimum atomic E-state index is -0.0749. The zero-order chi connectivity index (χ0) is 17.3.